The van der Waals surface area contributed by atoms with E-state index in [1.807, 2.05) is 13.0 Å². The zero-order valence-corrected chi connectivity index (χ0v) is 28.1. The summed E-state index contributed by atoms with van der Waals surface area (Å²) in [4.78, 5) is 11.2. The maximum absolute atomic E-state index is 12.9. The van der Waals surface area contributed by atoms with Gasteiger partial charge in [0.25, 0.3) is 11.8 Å². The molecule has 16 nitrogen and oxygen atoms in total. The molecule has 0 aliphatic carbocycles. The third-order valence-corrected chi connectivity index (χ3v) is 10.5. The van der Waals surface area contributed by atoms with Crippen LogP contribution >= 0.6 is 11.3 Å². The first kappa shape index (κ1) is 37.2. The highest BCUT2D eigenvalue weighted by molar-refractivity contribution is 7.18. The summed E-state index contributed by atoms with van der Waals surface area (Å²) in [6.45, 7) is 4.70. The molecule has 1 unspecified atom stereocenters. The Bertz CT molecular complexity index is 1960. The average Bonchev–Trinajstić information content (AvgIpc) is 3.58. The average molecular weight is 739 g/mol. The van der Waals surface area contributed by atoms with Crippen molar-refractivity contribution in [3.8, 4) is 6.07 Å². The Balaban J connectivity index is 1.16. The number of hydrogen-bond donors (Lipinski definition) is 10. The zero-order valence-electron chi connectivity index (χ0n) is 27.3. The van der Waals surface area contributed by atoms with Crippen molar-refractivity contribution < 1.29 is 54.0 Å². The van der Waals surface area contributed by atoms with E-state index in [4.69, 9.17) is 0 Å². The fraction of sp³-hybridized carbons (Fsp3) is 0.516. The van der Waals surface area contributed by atoms with Gasteiger partial charge in [-0.25, -0.2) is 15.3 Å². The lowest BCUT2D eigenvalue weighted by atomic mass is 10.0. The second-order valence-electron chi connectivity index (χ2n) is 13.1. The molecule has 4 aromatic rings. The second-order valence-corrected chi connectivity index (χ2v) is 14.2. The van der Waals surface area contributed by atoms with E-state index < -0.39 is 42.3 Å². The second kappa shape index (κ2) is 12.8. The summed E-state index contributed by atoms with van der Waals surface area (Å²) in [6.07, 6.45) is -2.52. The van der Waals surface area contributed by atoms with Crippen LogP contribution in [0.25, 0.3) is 21.1 Å². The first-order valence-electron chi connectivity index (χ1n) is 15.8. The highest BCUT2D eigenvalue weighted by Gasteiger charge is 2.73. The number of aliphatic hydroxyl groups is 8. The number of thiophene rings is 1. The number of nitrogens with one attached hydrogen (secondary N) is 2. The number of hydrogen-bond acceptors (Lipinski definition) is 16. The molecule has 6 rings (SSSR count). The van der Waals surface area contributed by atoms with Crippen LogP contribution in [0.4, 0.5) is 19.0 Å². The number of anilines is 1. The Morgan fingerprint density at radius 3 is 2.27 bits per heavy atom. The van der Waals surface area contributed by atoms with Gasteiger partial charge in [0.05, 0.1) is 11.8 Å². The van der Waals surface area contributed by atoms with Gasteiger partial charge < -0.3 is 50.7 Å². The Labute approximate surface area is 291 Å². The van der Waals surface area contributed by atoms with E-state index >= 15 is 0 Å². The molecule has 0 bridgehead atoms. The number of aryl methyl sites for hydroxylation is 1. The van der Waals surface area contributed by atoms with Crippen molar-refractivity contribution in [2.45, 2.75) is 88.1 Å². The summed E-state index contributed by atoms with van der Waals surface area (Å²) in [6, 6.07) is 7.32. The standard InChI is InChI=1S/C31H37F3N8O8S/c1-16(42-30(47,48)28(43,44)39-29(45,46)31(42,49)50)13-41-20(12-35)9-22-17(2)18(3-4-24(22)41)14-40-7-5-19(6-8-40)38-25-23-10-21(11-27(32,33)34)51-26(23)37-15-36-25/h3-4,9-10,15-16,19,39,43-50H,5-8,11,13-14H2,1-2H3,(H,36,37,38). The van der Waals surface area contributed by atoms with Crippen molar-refractivity contribution in [1.82, 2.24) is 29.7 Å². The van der Waals surface area contributed by atoms with Crippen LogP contribution in [0, 0.1) is 18.3 Å². The van der Waals surface area contributed by atoms with Crippen LogP contribution in [0.5, 0.6) is 0 Å². The lowest BCUT2D eigenvalue weighted by Crippen LogP contribution is -2.90. The molecule has 0 saturated carbocycles. The number of likely N-dealkylation sites (tertiary alicyclic amines) is 1. The maximum Gasteiger partial charge on any atom is 0.393 e. The number of aromatic nitrogens is 3. The molecule has 10 N–H and O–H groups in total. The first-order valence-corrected chi connectivity index (χ1v) is 16.7. The zero-order chi connectivity index (χ0) is 37.3. The molecule has 0 amide bonds. The van der Waals surface area contributed by atoms with E-state index in [-0.39, 0.29) is 28.1 Å². The fourth-order valence-electron chi connectivity index (χ4n) is 6.88. The van der Waals surface area contributed by atoms with Gasteiger partial charge >= 0.3 is 18.0 Å². The Hall–Kier alpha value is -3.56. The van der Waals surface area contributed by atoms with Crippen molar-refractivity contribution in [3.63, 3.8) is 0 Å². The van der Waals surface area contributed by atoms with Gasteiger partial charge in [-0.05, 0) is 56.0 Å². The number of nitriles is 1. The number of halogens is 3. The number of nitrogens with zero attached hydrogens (tertiary/aromatic N) is 6. The van der Waals surface area contributed by atoms with Gasteiger partial charge in [0.15, 0.2) is 0 Å². The molecular weight excluding hydrogens is 701 g/mol. The molecular formula is C31H37F3N8O8S. The number of benzene rings is 1. The van der Waals surface area contributed by atoms with Gasteiger partial charge in [-0.1, -0.05) is 6.07 Å². The van der Waals surface area contributed by atoms with Crippen LogP contribution in [-0.2, 0) is 19.5 Å². The van der Waals surface area contributed by atoms with E-state index in [0.717, 1.165) is 40.6 Å². The molecule has 1 atom stereocenters. The first-order chi connectivity index (χ1) is 23.6. The number of alkyl halides is 3. The molecule has 2 fully saturated rings. The monoisotopic (exact) mass is 738 g/mol. The minimum absolute atomic E-state index is 0.0376. The maximum atomic E-state index is 12.9. The highest BCUT2D eigenvalue weighted by atomic mass is 32.1. The quantitative estimate of drug-likeness (QED) is 0.106. The minimum atomic E-state index is -4.32. The van der Waals surface area contributed by atoms with Crippen LogP contribution in [-0.4, -0.2) is 120 Å². The summed E-state index contributed by atoms with van der Waals surface area (Å²) in [5, 5.41) is 98.2. The molecule has 2 aliphatic rings. The summed E-state index contributed by atoms with van der Waals surface area (Å²) in [5.41, 5.74) is 2.43. The summed E-state index contributed by atoms with van der Waals surface area (Å²) in [5.74, 6) is -14.9. The van der Waals surface area contributed by atoms with Crippen molar-refractivity contribution in [1.29, 1.82) is 5.26 Å². The third kappa shape index (κ3) is 6.76. The molecule has 0 radical (unpaired) electrons. The third-order valence-electron chi connectivity index (χ3n) is 9.50. The molecule has 0 spiro atoms. The summed E-state index contributed by atoms with van der Waals surface area (Å²) < 4.78 is 40.3. The largest absolute Gasteiger partial charge is 0.393 e. The van der Waals surface area contributed by atoms with Crippen molar-refractivity contribution in [2.75, 3.05) is 18.4 Å². The molecule has 51 heavy (non-hydrogen) atoms. The Morgan fingerprint density at radius 2 is 1.67 bits per heavy atom. The minimum Gasteiger partial charge on any atom is -0.367 e. The van der Waals surface area contributed by atoms with E-state index in [2.05, 4.69) is 26.3 Å². The lowest BCUT2D eigenvalue weighted by molar-refractivity contribution is -0.569. The molecule has 2 saturated heterocycles. The van der Waals surface area contributed by atoms with Crippen molar-refractivity contribution in [3.05, 3.63) is 52.3 Å². The van der Waals surface area contributed by atoms with Crippen LogP contribution < -0.4 is 10.6 Å². The van der Waals surface area contributed by atoms with Crippen LogP contribution in [0.3, 0.4) is 0 Å². The van der Waals surface area contributed by atoms with E-state index in [1.165, 1.54) is 23.9 Å². The number of rotatable bonds is 8. The molecule has 276 valence electrons. The topological polar surface area (TPSA) is 247 Å². The van der Waals surface area contributed by atoms with Gasteiger partial charge in [-0.2, -0.15) is 23.3 Å². The predicted molar refractivity (Wildman–Crippen MR) is 174 cm³/mol. The van der Waals surface area contributed by atoms with Gasteiger partial charge in [-0.3, -0.25) is 4.90 Å². The van der Waals surface area contributed by atoms with Crippen LogP contribution in [0.15, 0.2) is 30.6 Å². The number of piperazine rings is 1. The normalized spacial score (nSPS) is 21.6. The van der Waals surface area contributed by atoms with Gasteiger partial charge in [0.2, 0.25) is 0 Å². The van der Waals surface area contributed by atoms with Crippen LogP contribution in [0.2, 0.25) is 0 Å². The Kier molecular flexibility index (Phi) is 9.36. The molecule has 3 aromatic heterocycles. The highest BCUT2D eigenvalue weighted by Crippen LogP contribution is 2.39. The van der Waals surface area contributed by atoms with Gasteiger partial charge in [0.1, 0.15) is 28.7 Å². The van der Waals surface area contributed by atoms with Gasteiger partial charge in [-0.15, -0.1) is 11.3 Å². The molecule has 2 aliphatic heterocycles. The fourth-order valence-corrected chi connectivity index (χ4v) is 7.91. The lowest BCUT2D eigenvalue weighted by Gasteiger charge is -2.58. The molecule has 1 aromatic carbocycles. The van der Waals surface area contributed by atoms with Crippen molar-refractivity contribution >= 4 is 38.3 Å². The van der Waals surface area contributed by atoms with E-state index in [0.29, 0.717) is 46.6 Å². The smallest absolute Gasteiger partial charge is 0.367 e. The van der Waals surface area contributed by atoms with E-state index in [9.17, 15) is 59.3 Å². The SMILES string of the molecule is Cc1c(CN2CCC(Nc3ncnc4sc(CC(F)(F)F)cc34)CC2)ccc2c1cc(C#N)n2CC(C)N1C(O)(O)C(O)(O)NC(O)(O)C1(O)O. The van der Waals surface area contributed by atoms with Crippen LogP contribution in [0.1, 0.15) is 41.5 Å². The Morgan fingerprint density at radius 1 is 1.02 bits per heavy atom. The number of piperidine rings is 1. The molecule has 20 heteroatoms. The van der Waals surface area contributed by atoms with Crippen molar-refractivity contribution in [2.24, 2.45) is 0 Å². The van der Waals surface area contributed by atoms with E-state index in [1.54, 1.807) is 12.1 Å². The predicted octanol–water partition coefficient (Wildman–Crippen LogP) is -0.145. The summed E-state index contributed by atoms with van der Waals surface area (Å²) in [7, 11) is 0. The van der Waals surface area contributed by atoms with Gasteiger partial charge in [0, 0.05) is 54.0 Å². The molecule has 5 heterocycles. The number of fused-ring (bicyclic) bond motifs is 2. The summed E-state index contributed by atoms with van der Waals surface area (Å²) >= 11 is 0.997.